The van der Waals surface area contributed by atoms with Crippen LogP contribution in [0.3, 0.4) is 0 Å². The highest BCUT2D eigenvalue weighted by molar-refractivity contribution is 6.17. The fourth-order valence-corrected chi connectivity index (χ4v) is 1.35. The molecule has 86 valence electrons. The summed E-state index contributed by atoms with van der Waals surface area (Å²) in [6, 6.07) is 6.41. The van der Waals surface area contributed by atoms with Gasteiger partial charge < -0.3 is 4.74 Å². The van der Waals surface area contributed by atoms with Gasteiger partial charge in [-0.15, -0.1) is 11.6 Å². The number of rotatable bonds is 6. The predicted molar refractivity (Wildman–Crippen MR) is 62.0 cm³/mol. The number of halogens is 1. The van der Waals surface area contributed by atoms with Crippen LogP contribution in [0.4, 0.5) is 0 Å². The van der Waals surface area contributed by atoms with Crippen molar-refractivity contribution in [1.29, 1.82) is 0 Å². The monoisotopic (exact) mass is 240 g/mol. The average Bonchev–Trinajstić information content (AvgIpc) is 2.30. The molecule has 0 saturated carbocycles. The highest BCUT2D eigenvalue weighted by atomic mass is 35.5. The first-order valence-electron chi connectivity index (χ1n) is 5.08. The fraction of sp³-hybridized carbons (Fsp3) is 0.333. The van der Waals surface area contributed by atoms with Crippen molar-refractivity contribution in [3.8, 4) is 5.75 Å². The van der Waals surface area contributed by atoms with E-state index in [1.54, 1.807) is 24.3 Å². The van der Waals surface area contributed by atoms with Gasteiger partial charge in [0.2, 0.25) is 0 Å². The van der Waals surface area contributed by atoms with E-state index in [9.17, 15) is 9.59 Å². The Morgan fingerprint density at radius 3 is 2.50 bits per heavy atom. The highest BCUT2D eigenvalue weighted by Gasteiger charge is 2.04. The number of carbonyl (C=O) groups is 2. The van der Waals surface area contributed by atoms with E-state index in [0.29, 0.717) is 23.6 Å². The van der Waals surface area contributed by atoms with Gasteiger partial charge in [0.1, 0.15) is 12.0 Å². The summed E-state index contributed by atoms with van der Waals surface area (Å²) in [5.74, 6) is 0.742. The van der Waals surface area contributed by atoms with Crippen LogP contribution in [0, 0.1) is 0 Å². The van der Waals surface area contributed by atoms with Crippen LogP contribution in [0.5, 0.6) is 5.75 Å². The third-order valence-corrected chi connectivity index (χ3v) is 2.28. The smallest absolute Gasteiger partial charge is 0.311 e. The first-order chi connectivity index (χ1) is 7.76. The Hall–Kier alpha value is -1.35. The van der Waals surface area contributed by atoms with Crippen molar-refractivity contribution in [2.45, 2.75) is 19.3 Å². The third kappa shape index (κ3) is 4.45. The number of esters is 1. The standard InChI is InChI=1S/C12H13ClO3/c13-8-2-1-3-12(15)16-11-6-4-10(9-14)5-7-11/h4-7,9H,1-3,8H2. The van der Waals surface area contributed by atoms with Crippen molar-refractivity contribution in [2.24, 2.45) is 0 Å². The fourth-order valence-electron chi connectivity index (χ4n) is 1.16. The lowest BCUT2D eigenvalue weighted by Crippen LogP contribution is -2.07. The summed E-state index contributed by atoms with van der Waals surface area (Å²) in [6.45, 7) is 0. The maximum Gasteiger partial charge on any atom is 0.311 e. The van der Waals surface area contributed by atoms with Gasteiger partial charge in [-0.2, -0.15) is 0 Å². The number of carbonyl (C=O) groups excluding carboxylic acids is 2. The van der Waals surface area contributed by atoms with Crippen molar-refractivity contribution in [1.82, 2.24) is 0 Å². The molecule has 1 aromatic rings. The number of benzene rings is 1. The van der Waals surface area contributed by atoms with Gasteiger partial charge in [-0.3, -0.25) is 9.59 Å². The van der Waals surface area contributed by atoms with Crippen LogP contribution in [0.15, 0.2) is 24.3 Å². The second-order valence-electron chi connectivity index (χ2n) is 3.31. The van der Waals surface area contributed by atoms with Gasteiger partial charge in [0, 0.05) is 17.9 Å². The highest BCUT2D eigenvalue weighted by Crippen LogP contribution is 2.12. The van der Waals surface area contributed by atoms with E-state index >= 15 is 0 Å². The van der Waals surface area contributed by atoms with E-state index in [1.165, 1.54) is 0 Å². The molecular weight excluding hydrogens is 228 g/mol. The first-order valence-corrected chi connectivity index (χ1v) is 5.61. The molecule has 0 bridgehead atoms. The number of hydrogen-bond acceptors (Lipinski definition) is 3. The average molecular weight is 241 g/mol. The molecule has 0 fully saturated rings. The molecule has 1 aromatic carbocycles. The molecule has 1 rings (SSSR count). The summed E-state index contributed by atoms with van der Waals surface area (Å²) in [5, 5.41) is 0. The first kappa shape index (κ1) is 12.7. The van der Waals surface area contributed by atoms with Crippen molar-refractivity contribution in [3.63, 3.8) is 0 Å². The zero-order chi connectivity index (χ0) is 11.8. The van der Waals surface area contributed by atoms with Crippen molar-refractivity contribution in [2.75, 3.05) is 5.88 Å². The molecule has 0 atom stereocenters. The molecule has 16 heavy (non-hydrogen) atoms. The SMILES string of the molecule is O=Cc1ccc(OC(=O)CCCCCl)cc1. The molecule has 0 spiro atoms. The summed E-state index contributed by atoms with van der Waals surface area (Å²) in [4.78, 5) is 21.7. The summed E-state index contributed by atoms with van der Waals surface area (Å²) in [6.07, 6.45) is 2.64. The van der Waals surface area contributed by atoms with E-state index in [2.05, 4.69) is 0 Å². The van der Waals surface area contributed by atoms with E-state index < -0.39 is 0 Å². The van der Waals surface area contributed by atoms with Gasteiger partial charge in [-0.05, 0) is 37.1 Å². The Morgan fingerprint density at radius 1 is 1.25 bits per heavy atom. The molecule has 0 heterocycles. The Morgan fingerprint density at radius 2 is 1.94 bits per heavy atom. The Balaban J connectivity index is 2.40. The molecule has 0 amide bonds. The number of unbranched alkanes of at least 4 members (excludes halogenated alkanes) is 1. The summed E-state index contributed by atoms with van der Waals surface area (Å²) in [5.41, 5.74) is 0.557. The Kier molecular flexibility index (Phi) is 5.57. The molecule has 0 N–H and O–H groups in total. The summed E-state index contributed by atoms with van der Waals surface area (Å²) < 4.78 is 5.06. The minimum Gasteiger partial charge on any atom is -0.427 e. The van der Waals surface area contributed by atoms with Crippen LogP contribution in [0.25, 0.3) is 0 Å². The molecule has 0 aliphatic carbocycles. The molecule has 4 heteroatoms. The lowest BCUT2D eigenvalue weighted by Gasteiger charge is -2.03. The van der Waals surface area contributed by atoms with E-state index in [0.717, 1.165) is 19.1 Å². The molecule has 0 saturated heterocycles. The molecular formula is C12H13ClO3. The minimum absolute atomic E-state index is 0.274. The van der Waals surface area contributed by atoms with Gasteiger partial charge >= 0.3 is 5.97 Å². The van der Waals surface area contributed by atoms with Crippen LogP contribution in [-0.4, -0.2) is 18.1 Å². The predicted octanol–water partition coefficient (Wildman–Crippen LogP) is 2.81. The lowest BCUT2D eigenvalue weighted by molar-refractivity contribution is -0.134. The van der Waals surface area contributed by atoms with Crippen molar-refractivity contribution >= 4 is 23.9 Å². The molecule has 3 nitrogen and oxygen atoms in total. The van der Waals surface area contributed by atoms with Gasteiger partial charge in [0.25, 0.3) is 0 Å². The third-order valence-electron chi connectivity index (χ3n) is 2.01. The van der Waals surface area contributed by atoms with Gasteiger partial charge in [-0.1, -0.05) is 0 Å². The molecule has 0 radical (unpaired) electrons. The van der Waals surface area contributed by atoms with Crippen LogP contribution >= 0.6 is 11.6 Å². The van der Waals surface area contributed by atoms with E-state index in [1.807, 2.05) is 0 Å². The zero-order valence-electron chi connectivity index (χ0n) is 8.82. The summed E-state index contributed by atoms with van der Waals surface area (Å²) >= 11 is 5.49. The van der Waals surface area contributed by atoms with E-state index in [-0.39, 0.29) is 5.97 Å². The Labute approximate surface area is 99.4 Å². The van der Waals surface area contributed by atoms with Crippen LogP contribution in [0.1, 0.15) is 29.6 Å². The van der Waals surface area contributed by atoms with Crippen LogP contribution < -0.4 is 4.74 Å². The minimum atomic E-state index is -0.274. The molecule has 0 unspecified atom stereocenters. The second-order valence-corrected chi connectivity index (χ2v) is 3.69. The zero-order valence-corrected chi connectivity index (χ0v) is 9.57. The van der Waals surface area contributed by atoms with Gasteiger partial charge in [0.15, 0.2) is 0 Å². The molecule has 0 aliphatic heterocycles. The number of ether oxygens (including phenoxy) is 1. The number of hydrogen-bond donors (Lipinski definition) is 0. The largest absolute Gasteiger partial charge is 0.427 e. The topological polar surface area (TPSA) is 43.4 Å². The van der Waals surface area contributed by atoms with Gasteiger partial charge in [-0.25, -0.2) is 0 Å². The molecule has 0 aliphatic rings. The summed E-state index contributed by atoms with van der Waals surface area (Å²) in [7, 11) is 0. The normalized spacial score (nSPS) is 9.81. The van der Waals surface area contributed by atoms with Crippen LogP contribution in [-0.2, 0) is 4.79 Å². The number of alkyl halides is 1. The lowest BCUT2D eigenvalue weighted by atomic mass is 10.2. The number of aldehydes is 1. The maximum atomic E-state index is 11.3. The second kappa shape index (κ2) is 7.01. The van der Waals surface area contributed by atoms with E-state index in [4.69, 9.17) is 16.3 Å². The van der Waals surface area contributed by atoms with Gasteiger partial charge in [0.05, 0.1) is 0 Å². The molecule has 0 aromatic heterocycles. The quantitative estimate of drug-likeness (QED) is 0.253. The van der Waals surface area contributed by atoms with Crippen molar-refractivity contribution in [3.05, 3.63) is 29.8 Å². The maximum absolute atomic E-state index is 11.3. The Bertz CT molecular complexity index is 346. The van der Waals surface area contributed by atoms with Crippen LogP contribution in [0.2, 0.25) is 0 Å². The van der Waals surface area contributed by atoms with Crippen molar-refractivity contribution < 1.29 is 14.3 Å².